The molecule has 0 radical (unpaired) electrons. The topological polar surface area (TPSA) is 72.2 Å². The van der Waals surface area contributed by atoms with E-state index in [-0.39, 0.29) is 11.5 Å². The Morgan fingerprint density at radius 3 is 2.55 bits per heavy atom. The standard InChI is InChI=1S/C16H13ClN2O3/c1-11-2-7-14(19(21)22)10-15(11)18-9-8-16(20)12-3-5-13(17)6-4-12/h2-10,18H,1H3. The van der Waals surface area contributed by atoms with Crippen LogP contribution < -0.4 is 5.32 Å². The highest BCUT2D eigenvalue weighted by atomic mass is 35.5. The first-order valence-electron chi connectivity index (χ1n) is 6.45. The molecule has 0 amide bonds. The van der Waals surface area contributed by atoms with Crippen LogP contribution in [0.15, 0.2) is 54.7 Å². The van der Waals surface area contributed by atoms with Crippen LogP contribution in [-0.2, 0) is 0 Å². The summed E-state index contributed by atoms with van der Waals surface area (Å²) in [5.41, 5.74) is 1.92. The molecule has 22 heavy (non-hydrogen) atoms. The Balaban J connectivity index is 2.09. The second kappa shape index (κ2) is 6.87. The van der Waals surface area contributed by atoms with E-state index in [0.29, 0.717) is 16.3 Å². The lowest BCUT2D eigenvalue weighted by Crippen LogP contribution is -1.98. The van der Waals surface area contributed by atoms with Crippen molar-refractivity contribution in [1.82, 2.24) is 0 Å². The average Bonchev–Trinajstić information content (AvgIpc) is 2.49. The largest absolute Gasteiger partial charge is 0.361 e. The Bertz CT molecular complexity index is 740. The molecule has 5 nitrogen and oxygen atoms in total. The van der Waals surface area contributed by atoms with Crippen molar-refractivity contribution in [1.29, 1.82) is 0 Å². The Kier molecular flexibility index (Phi) is 4.91. The quantitative estimate of drug-likeness (QED) is 0.385. The van der Waals surface area contributed by atoms with E-state index in [4.69, 9.17) is 11.6 Å². The number of halogens is 1. The highest BCUT2D eigenvalue weighted by molar-refractivity contribution is 6.30. The summed E-state index contributed by atoms with van der Waals surface area (Å²) in [6, 6.07) is 11.0. The molecule has 0 atom stereocenters. The summed E-state index contributed by atoms with van der Waals surface area (Å²) in [6.45, 7) is 1.82. The van der Waals surface area contributed by atoms with Gasteiger partial charge in [0, 0.05) is 40.7 Å². The van der Waals surface area contributed by atoms with Crippen molar-refractivity contribution < 1.29 is 9.72 Å². The predicted octanol–water partition coefficient (Wildman–Crippen LogP) is 4.37. The number of ketones is 1. The van der Waals surface area contributed by atoms with Crippen molar-refractivity contribution in [3.63, 3.8) is 0 Å². The van der Waals surface area contributed by atoms with Gasteiger partial charge in [0.1, 0.15) is 0 Å². The molecule has 2 aromatic rings. The van der Waals surface area contributed by atoms with Crippen LogP contribution in [0.1, 0.15) is 15.9 Å². The Morgan fingerprint density at radius 1 is 1.23 bits per heavy atom. The van der Waals surface area contributed by atoms with Crippen molar-refractivity contribution in [2.45, 2.75) is 6.92 Å². The molecule has 112 valence electrons. The number of non-ortho nitro benzene ring substituents is 1. The number of carbonyl (C=O) groups is 1. The SMILES string of the molecule is Cc1ccc([N+](=O)[O-])cc1NC=CC(=O)c1ccc(Cl)cc1. The van der Waals surface area contributed by atoms with E-state index in [9.17, 15) is 14.9 Å². The summed E-state index contributed by atoms with van der Waals surface area (Å²) in [5.74, 6) is -0.188. The Morgan fingerprint density at radius 2 is 1.91 bits per heavy atom. The minimum absolute atomic E-state index is 0.00877. The molecule has 6 heteroatoms. The van der Waals surface area contributed by atoms with Crippen LogP contribution in [-0.4, -0.2) is 10.7 Å². The van der Waals surface area contributed by atoms with Gasteiger partial charge in [-0.3, -0.25) is 14.9 Å². The maximum absolute atomic E-state index is 11.9. The fourth-order valence-corrected chi connectivity index (χ4v) is 1.92. The van der Waals surface area contributed by atoms with Crippen LogP contribution in [0.2, 0.25) is 5.02 Å². The fraction of sp³-hybridized carbons (Fsp3) is 0.0625. The van der Waals surface area contributed by atoms with Gasteiger partial charge >= 0.3 is 0 Å². The van der Waals surface area contributed by atoms with Crippen LogP contribution in [0.5, 0.6) is 0 Å². The molecular formula is C16H13ClN2O3. The molecular weight excluding hydrogens is 304 g/mol. The molecule has 0 saturated heterocycles. The minimum atomic E-state index is -0.465. The van der Waals surface area contributed by atoms with Crippen molar-refractivity contribution in [3.8, 4) is 0 Å². The summed E-state index contributed by atoms with van der Waals surface area (Å²) in [6.07, 6.45) is 2.82. The summed E-state index contributed by atoms with van der Waals surface area (Å²) >= 11 is 5.76. The van der Waals surface area contributed by atoms with Gasteiger partial charge in [0.05, 0.1) is 4.92 Å². The molecule has 0 unspecified atom stereocenters. The number of nitro groups is 1. The molecule has 0 spiro atoms. The van der Waals surface area contributed by atoms with E-state index in [2.05, 4.69) is 5.32 Å². The summed E-state index contributed by atoms with van der Waals surface area (Å²) in [4.78, 5) is 22.2. The van der Waals surface area contributed by atoms with Crippen LogP contribution in [0, 0.1) is 17.0 Å². The van der Waals surface area contributed by atoms with Crippen molar-refractivity contribution in [2.24, 2.45) is 0 Å². The first kappa shape index (κ1) is 15.7. The highest BCUT2D eigenvalue weighted by Gasteiger charge is 2.07. The first-order valence-corrected chi connectivity index (χ1v) is 6.83. The molecule has 0 aliphatic heterocycles. The lowest BCUT2D eigenvalue weighted by atomic mass is 10.1. The monoisotopic (exact) mass is 316 g/mol. The summed E-state index contributed by atoms with van der Waals surface area (Å²) in [7, 11) is 0. The van der Waals surface area contributed by atoms with Crippen LogP contribution in [0.4, 0.5) is 11.4 Å². The van der Waals surface area contributed by atoms with Gasteiger partial charge in [0.25, 0.3) is 5.69 Å². The van der Waals surface area contributed by atoms with Crippen molar-refractivity contribution in [2.75, 3.05) is 5.32 Å². The molecule has 0 heterocycles. The lowest BCUT2D eigenvalue weighted by molar-refractivity contribution is -0.384. The number of rotatable bonds is 5. The average molecular weight is 317 g/mol. The number of aryl methyl sites for hydroxylation is 1. The van der Waals surface area contributed by atoms with E-state index >= 15 is 0 Å². The van der Waals surface area contributed by atoms with Crippen LogP contribution in [0.25, 0.3) is 0 Å². The number of allylic oxidation sites excluding steroid dienone is 1. The van der Waals surface area contributed by atoms with Crippen molar-refractivity contribution in [3.05, 3.63) is 81.0 Å². The Hall–Kier alpha value is -2.66. The molecule has 0 bridgehead atoms. The van der Waals surface area contributed by atoms with Crippen LogP contribution >= 0.6 is 11.6 Å². The summed E-state index contributed by atoms with van der Waals surface area (Å²) in [5, 5.41) is 14.2. The maximum atomic E-state index is 11.9. The number of nitrogens with one attached hydrogen (secondary N) is 1. The van der Waals surface area contributed by atoms with Crippen LogP contribution in [0.3, 0.4) is 0 Å². The normalized spacial score (nSPS) is 10.6. The zero-order chi connectivity index (χ0) is 16.1. The van der Waals surface area contributed by atoms with Crippen molar-refractivity contribution >= 4 is 28.8 Å². The smallest absolute Gasteiger partial charge is 0.271 e. The zero-order valence-electron chi connectivity index (χ0n) is 11.7. The van der Waals surface area contributed by atoms with Gasteiger partial charge < -0.3 is 5.32 Å². The summed E-state index contributed by atoms with van der Waals surface area (Å²) < 4.78 is 0. The highest BCUT2D eigenvalue weighted by Crippen LogP contribution is 2.21. The maximum Gasteiger partial charge on any atom is 0.271 e. The molecule has 1 N–H and O–H groups in total. The number of hydrogen-bond acceptors (Lipinski definition) is 4. The third kappa shape index (κ3) is 3.93. The zero-order valence-corrected chi connectivity index (χ0v) is 12.5. The molecule has 0 aliphatic carbocycles. The van der Waals surface area contributed by atoms with E-state index in [1.165, 1.54) is 24.4 Å². The molecule has 2 aromatic carbocycles. The second-order valence-corrected chi connectivity index (χ2v) is 5.04. The van der Waals surface area contributed by atoms with Gasteiger partial charge in [-0.05, 0) is 36.8 Å². The number of nitrogens with zero attached hydrogens (tertiary/aromatic N) is 1. The van der Waals surface area contributed by atoms with Gasteiger partial charge in [0.2, 0.25) is 0 Å². The van der Waals surface area contributed by atoms with Gasteiger partial charge in [-0.1, -0.05) is 17.7 Å². The number of anilines is 1. The molecule has 0 fully saturated rings. The van der Waals surface area contributed by atoms with E-state index in [0.717, 1.165) is 5.56 Å². The number of nitro benzene ring substituents is 1. The van der Waals surface area contributed by atoms with Gasteiger partial charge in [-0.15, -0.1) is 0 Å². The van der Waals surface area contributed by atoms with E-state index < -0.39 is 4.92 Å². The van der Waals surface area contributed by atoms with E-state index in [1.54, 1.807) is 30.3 Å². The molecule has 0 aromatic heterocycles. The second-order valence-electron chi connectivity index (χ2n) is 4.61. The van der Waals surface area contributed by atoms with Gasteiger partial charge in [-0.25, -0.2) is 0 Å². The third-order valence-corrected chi connectivity index (χ3v) is 3.29. The van der Waals surface area contributed by atoms with E-state index in [1.807, 2.05) is 6.92 Å². The van der Waals surface area contributed by atoms with Gasteiger partial charge in [0.15, 0.2) is 5.78 Å². The predicted molar refractivity (Wildman–Crippen MR) is 86.4 cm³/mol. The lowest BCUT2D eigenvalue weighted by Gasteiger charge is -2.04. The molecule has 0 aliphatic rings. The Labute approximate surface area is 132 Å². The molecule has 2 rings (SSSR count). The van der Waals surface area contributed by atoms with Gasteiger partial charge in [-0.2, -0.15) is 0 Å². The third-order valence-electron chi connectivity index (χ3n) is 3.03. The minimum Gasteiger partial charge on any atom is -0.361 e. The first-order chi connectivity index (χ1) is 10.5. The number of benzene rings is 2. The number of carbonyl (C=O) groups excluding carboxylic acids is 1. The molecule has 0 saturated carbocycles. The number of hydrogen-bond donors (Lipinski definition) is 1. The fourth-order valence-electron chi connectivity index (χ4n) is 1.80.